The Morgan fingerprint density at radius 1 is 1.00 bits per heavy atom. The summed E-state index contributed by atoms with van der Waals surface area (Å²) in [5.41, 5.74) is 7.12. The maximum absolute atomic E-state index is 11.2. The van der Waals surface area contributed by atoms with Gasteiger partial charge in [0, 0.05) is 12.5 Å². The van der Waals surface area contributed by atoms with Crippen molar-refractivity contribution in [2.45, 2.75) is 72.6 Å². The van der Waals surface area contributed by atoms with Gasteiger partial charge in [-0.3, -0.25) is 0 Å². The summed E-state index contributed by atoms with van der Waals surface area (Å²) in [6.45, 7) is 12.7. The van der Waals surface area contributed by atoms with Gasteiger partial charge in [-0.05, 0) is 66.0 Å². The van der Waals surface area contributed by atoms with Crippen LogP contribution in [0.4, 0.5) is 0 Å². The van der Waals surface area contributed by atoms with E-state index >= 15 is 0 Å². The highest BCUT2D eigenvalue weighted by atomic mass is 16.4. The Morgan fingerprint density at radius 2 is 1.59 bits per heavy atom. The molecule has 0 saturated heterocycles. The molecule has 2 aromatic rings. The number of carboxylic acid groups (broad SMARTS) is 1. The molecule has 0 unspecified atom stereocenters. The number of unbranched alkanes of at least 4 members (excludes halogenated alkanes) is 1. The summed E-state index contributed by atoms with van der Waals surface area (Å²) < 4.78 is 0. The van der Waals surface area contributed by atoms with E-state index < -0.39 is 5.97 Å². The second-order valence-electron chi connectivity index (χ2n) is 9.02. The first kappa shape index (κ1) is 22.7. The van der Waals surface area contributed by atoms with Crippen molar-refractivity contribution in [3.05, 3.63) is 69.3 Å². The first-order chi connectivity index (χ1) is 13.5. The number of hydrogen-bond acceptors (Lipinski definition) is 2. The first-order valence-electron chi connectivity index (χ1n) is 10.4. The third-order valence-corrected chi connectivity index (χ3v) is 5.20. The Balaban J connectivity index is 2.62. The maximum atomic E-state index is 11.2. The molecular weight excluding hydrogens is 360 g/mol. The van der Waals surface area contributed by atoms with Crippen molar-refractivity contribution in [2.24, 2.45) is 0 Å². The Hall–Kier alpha value is -2.55. The average Bonchev–Trinajstić information content (AvgIpc) is 2.61. The zero-order valence-corrected chi connectivity index (χ0v) is 18.6. The molecule has 0 radical (unpaired) electrons. The second kappa shape index (κ2) is 9.30. The minimum atomic E-state index is -0.961. The topological polar surface area (TPSA) is 57.5 Å². The van der Waals surface area contributed by atoms with Gasteiger partial charge in [-0.25, -0.2) is 4.79 Å². The van der Waals surface area contributed by atoms with E-state index in [0.29, 0.717) is 12.2 Å². The van der Waals surface area contributed by atoms with Crippen molar-refractivity contribution in [1.29, 1.82) is 0 Å². The quantitative estimate of drug-likeness (QED) is 0.539. The molecule has 3 heteroatoms. The normalized spacial score (nSPS) is 11.9. The number of carbonyl (C=O) groups is 1. The van der Waals surface area contributed by atoms with Gasteiger partial charge >= 0.3 is 5.97 Å². The minimum absolute atomic E-state index is 0.125. The summed E-state index contributed by atoms with van der Waals surface area (Å²) in [7, 11) is 0. The van der Waals surface area contributed by atoms with Crippen molar-refractivity contribution in [3.8, 4) is 5.75 Å². The van der Waals surface area contributed by atoms with E-state index in [1.165, 1.54) is 6.08 Å². The van der Waals surface area contributed by atoms with Gasteiger partial charge in [0.25, 0.3) is 0 Å². The van der Waals surface area contributed by atoms with E-state index in [0.717, 1.165) is 58.2 Å². The van der Waals surface area contributed by atoms with Crippen LogP contribution in [0.1, 0.15) is 79.5 Å². The van der Waals surface area contributed by atoms with Crippen LogP contribution in [0.3, 0.4) is 0 Å². The lowest BCUT2D eigenvalue weighted by Crippen LogP contribution is -2.15. The van der Waals surface area contributed by atoms with Crippen LogP contribution in [0.2, 0.25) is 0 Å². The van der Waals surface area contributed by atoms with Gasteiger partial charge < -0.3 is 10.2 Å². The second-order valence-corrected chi connectivity index (χ2v) is 9.02. The highest BCUT2D eigenvalue weighted by Gasteiger charge is 2.21. The SMILES string of the molecule is CCCCc1cc(C)cc(Cc2cc(C)cc(C(C)(C)C)c2C=CC(=O)O)c1O. The first-order valence-corrected chi connectivity index (χ1v) is 10.4. The molecule has 0 heterocycles. The summed E-state index contributed by atoms with van der Waals surface area (Å²) in [5, 5.41) is 20.1. The standard InChI is InChI=1S/C26H34O3/c1-7-8-9-19-12-17(2)14-21(25(19)29)16-20-13-18(3)15-23(26(4,5)6)22(20)10-11-24(27)28/h10-15,29H,7-9,16H2,1-6H3,(H,27,28). The maximum Gasteiger partial charge on any atom is 0.328 e. The van der Waals surface area contributed by atoms with Crippen LogP contribution in [-0.4, -0.2) is 16.2 Å². The number of aromatic hydroxyl groups is 1. The van der Waals surface area contributed by atoms with Crippen LogP contribution < -0.4 is 0 Å². The van der Waals surface area contributed by atoms with Crippen molar-refractivity contribution in [3.63, 3.8) is 0 Å². The molecule has 0 atom stereocenters. The van der Waals surface area contributed by atoms with Crippen LogP contribution in [0.25, 0.3) is 6.08 Å². The smallest absolute Gasteiger partial charge is 0.328 e. The van der Waals surface area contributed by atoms with E-state index in [2.05, 4.69) is 59.7 Å². The highest BCUT2D eigenvalue weighted by Crippen LogP contribution is 2.34. The number of phenolic OH excluding ortho intramolecular Hbond substituents is 1. The predicted molar refractivity (Wildman–Crippen MR) is 121 cm³/mol. The minimum Gasteiger partial charge on any atom is -0.507 e. The zero-order valence-electron chi connectivity index (χ0n) is 18.6. The van der Waals surface area contributed by atoms with Crippen molar-refractivity contribution < 1.29 is 15.0 Å². The number of hydrogen-bond donors (Lipinski definition) is 2. The third-order valence-electron chi connectivity index (χ3n) is 5.20. The fourth-order valence-corrected chi connectivity index (χ4v) is 3.82. The lowest BCUT2D eigenvalue weighted by molar-refractivity contribution is -0.131. The summed E-state index contributed by atoms with van der Waals surface area (Å²) >= 11 is 0. The molecule has 0 aliphatic heterocycles. The molecule has 0 aromatic heterocycles. The van der Waals surface area contributed by atoms with Crippen molar-refractivity contribution in [2.75, 3.05) is 0 Å². The molecule has 3 nitrogen and oxygen atoms in total. The van der Waals surface area contributed by atoms with Gasteiger partial charge in [0.15, 0.2) is 0 Å². The number of phenols is 1. The number of aliphatic carboxylic acids is 1. The van der Waals surface area contributed by atoms with Crippen LogP contribution >= 0.6 is 0 Å². The van der Waals surface area contributed by atoms with Crippen molar-refractivity contribution in [1.82, 2.24) is 0 Å². The van der Waals surface area contributed by atoms with Crippen molar-refractivity contribution >= 4 is 12.0 Å². The molecule has 29 heavy (non-hydrogen) atoms. The van der Waals surface area contributed by atoms with Gasteiger partial charge in [0.1, 0.15) is 5.75 Å². The molecule has 2 N–H and O–H groups in total. The Morgan fingerprint density at radius 3 is 2.17 bits per heavy atom. The molecule has 156 valence electrons. The van der Waals surface area contributed by atoms with Gasteiger partial charge in [-0.2, -0.15) is 0 Å². The summed E-state index contributed by atoms with van der Waals surface area (Å²) in [5.74, 6) is -0.590. The molecule has 2 aromatic carbocycles. The number of carboxylic acids is 1. The summed E-state index contributed by atoms with van der Waals surface area (Å²) in [6, 6.07) is 8.34. The van der Waals surface area contributed by atoms with Gasteiger partial charge in [-0.1, -0.05) is 69.5 Å². The largest absolute Gasteiger partial charge is 0.507 e. The number of benzene rings is 2. The van der Waals surface area contributed by atoms with Crippen LogP contribution in [0.5, 0.6) is 5.75 Å². The highest BCUT2D eigenvalue weighted by molar-refractivity contribution is 5.86. The van der Waals surface area contributed by atoms with Crippen LogP contribution in [0.15, 0.2) is 30.3 Å². The monoisotopic (exact) mass is 394 g/mol. The molecular formula is C26H34O3. The third kappa shape index (κ3) is 5.96. The lowest BCUT2D eigenvalue weighted by Gasteiger charge is -2.25. The lowest BCUT2D eigenvalue weighted by atomic mass is 9.80. The van der Waals surface area contributed by atoms with Crippen LogP contribution in [-0.2, 0) is 23.1 Å². The van der Waals surface area contributed by atoms with E-state index in [1.807, 2.05) is 6.07 Å². The molecule has 0 bridgehead atoms. The van der Waals surface area contributed by atoms with Gasteiger partial charge in [0.05, 0.1) is 0 Å². The Labute approximate surface area is 175 Å². The number of aryl methyl sites for hydroxylation is 3. The molecule has 0 spiro atoms. The molecule has 0 saturated carbocycles. The molecule has 0 amide bonds. The molecule has 2 rings (SSSR count). The molecule has 0 fully saturated rings. The van der Waals surface area contributed by atoms with Crippen LogP contribution in [0, 0.1) is 13.8 Å². The summed E-state index contributed by atoms with van der Waals surface area (Å²) in [6.07, 6.45) is 6.45. The molecule has 0 aliphatic rings. The fraction of sp³-hybridized carbons (Fsp3) is 0.423. The predicted octanol–water partition coefficient (Wildman–Crippen LogP) is 6.34. The Bertz CT molecular complexity index is 915. The zero-order chi connectivity index (χ0) is 21.8. The molecule has 0 aliphatic carbocycles. The van der Waals surface area contributed by atoms with Gasteiger partial charge in [0.2, 0.25) is 0 Å². The Kier molecular flexibility index (Phi) is 7.29. The van der Waals surface area contributed by atoms with E-state index in [9.17, 15) is 15.0 Å². The average molecular weight is 395 g/mol. The summed E-state index contributed by atoms with van der Waals surface area (Å²) in [4.78, 5) is 11.2. The van der Waals surface area contributed by atoms with E-state index in [-0.39, 0.29) is 5.41 Å². The van der Waals surface area contributed by atoms with E-state index in [4.69, 9.17) is 0 Å². The van der Waals surface area contributed by atoms with Gasteiger partial charge in [-0.15, -0.1) is 0 Å². The van der Waals surface area contributed by atoms with E-state index in [1.54, 1.807) is 6.08 Å². The number of rotatable bonds is 7. The fourth-order valence-electron chi connectivity index (χ4n) is 3.82.